The molecule has 0 aliphatic heterocycles. The molecule has 3 N–H and O–H groups in total. The van der Waals surface area contributed by atoms with Crippen molar-refractivity contribution in [3.63, 3.8) is 0 Å². The van der Waals surface area contributed by atoms with Crippen LogP contribution in [0.25, 0.3) is 0 Å². The summed E-state index contributed by atoms with van der Waals surface area (Å²) in [7, 11) is 0. The van der Waals surface area contributed by atoms with Gasteiger partial charge in [0.05, 0.1) is 6.10 Å². The standard InChI is InChI=1S/C12H20N2O/c1-9(15)5-6-14-7-10-3-2-4-12(13)11(10)8-14/h7-9,12,15H,2-6,13H2,1H3. The lowest BCUT2D eigenvalue weighted by Crippen LogP contribution is -2.15. The summed E-state index contributed by atoms with van der Waals surface area (Å²) in [5.41, 5.74) is 8.77. The molecular formula is C12H20N2O. The first-order valence-electron chi connectivity index (χ1n) is 5.79. The van der Waals surface area contributed by atoms with E-state index in [9.17, 15) is 5.11 Å². The molecule has 0 radical (unpaired) electrons. The molecule has 1 aromatic heterocycles. The molecule has 3 heteroatoms. The number of aryl methyl sites for hydroxylation is 2. The molecule has 0 aromatic carbocycles. The summed E-state index contributed by atoms with van der Waals surface area (Å²) in [6.45, 7) is 2.71. The van der Waals surface area contributed by atoms with E-state index in [0.717, 1.165) is 25.8 Å². The van der Waals surface area contributed by atoms with Gasteiger partial charge in [-0.3, -0.25) is 0 Å². The number of hydrogen-bond acceptors (Lipinski definition) is 2. The van der Waals surface area contributed by atoms with E-state index in [4.69, 9.17) is 5.73 Å². The minimum Gasteiger partial charge on any atom is -0.393 e. The smallest absolute Gasteiger partial charge is 0.0529 e. The zero-order valence-corrected chi connectivity index (χ0v) is 9.32. The normalized spacial score (nSPS) is 22.5. The van der Waals surface area contributed by atoms with Crippen molar-refractivity contribution in [2.45, 2.75) is 51.3 Å². The Balaban J connectivity index is 2.08. The molecule has 1 aliphatic rings. The van der Waals surface area contributed by atoms with Crippen LogP contribution in [0.1, 0.15) is 43.4 Å². The van der Waals surface area contributed by atoms with Gasteiger partial charge in [-0.15, -0.1) is 0 Å². The van der Waals surface area contributed by atoms with Crippen LogP contribution in [0.15, 0.2) is 12.4 Å². The molecule has 1 aromatic rings. The summed E-state index contributed by atoms with van der Waals surface area (Å²) in [5, 5.41) is 9.23. The lowest BCUT2D eigenvalue weighted by molar-refractivity contribution is 0.178. The van der Waals surface area contributed by atoms with Gasteiger partial charge in [0.1, 0.15) is 0 Å². The largest absolute Gasteiger partial charge is 0.393 e. The lowest BCUT2D eigenvalue weighted by atomic mass is 9.92. The third-order valence-electron chi connectivity index (χ3n) is 3.16. The van der Waals surface area contributed by atoms with E-state index in [1.54, 1.807) is 0 Å². The summed E-state index contributed by atoms with van der Waals surface area (Å²) in [6, 6.07) is 0.224. The van der Waals surface area contributed by atoms with Gasteiger partial charge >= 0.3 is 0 Å². The first-order valence-corrected chi connectivity index (χ1v) is 5.79. The highest BCUT2D eigenvalue weighted by atomic mass is 16.3. The SMILES string of the molecule is CC(O)CCn1cc2c(c1)C(N)CCC2. The van der Waals surface area contributed by atoms with Crippen LogP contribution in [0, 0.1) is 0 Å². The fourth-order valence-corrected chi connectivity index (χ4v) is 2.25. The van der Waals surface area contributed by atoms with Gasteiger partial charge in [0, 0.05) is 25.0 Å². The minimum atomic E-state index is -0.224. The van der Waals surface area contributed by atoms with Gasteiger partial charge in [-0.2, -0.15) is 0 Å². The maximum absolute atomic E-state index is 9.23. The van der Waals surface area contributed by atoms with Crippen LogP contribution in [0.3, 0.4) is 0 Å². The van der Waals surface area contributed by atoms with Crippen molar-refractivity contribution in [2.24, 2.45) is 5.73 Å². The molecule has 15 heavy (non-hydrogen) atoms. The number of nitrogens with zero attached hydrogens (tertiary/aromatic N) is 1. The molecule has 0 spiro atoms. The molecule has 3 nitrogen and oxygen atoms in total. The average Bonchev–Trinajstić information content (AvgIpc) is 2.59. The molecule has 2 atom stereocenters. The second-order valence-electron chi connectivity index (χ2n) is 4.61. The summed E-state index contributed by atoms with van der Waals surface area (Å²) in [4.78, 5) is 0. The van der Waals surface area contributed by atoms with Crippen LogP contribution in [0.5, 0.6) is 0 Å². The zero-order valence-electron chi connectivity index (χ0n) is 9.32. The van der Waals surface area contributed by atoms with Crippen LogP contribution >= 0.6 is 0 Å². The maximum atomic E-state index is 9.23. The second kappa shape index (κ2) is 4.37. The number of fused-ring (bicyclic) bond motifs is 1. The Morgan fingerprint density at radius 3 is 3.07 bits per heavy atom. The molecule has 0 bridgehead atoms. The molecule has 0 fully saturated rings. The summed E-state index contributed by atoms with van der Waals surface area (Å²) < 4.78 is 2.17. The van der Waals surface area contributed by atoms with E-state index < -0.39 is 0 Å². The van der Waals surface area contributed by atoms with Crippen molar-refractivity contribution in [3.8, 4) is 0 Å². The molecule has 0 saturated carbocycles. The van der Waals surface area contributed by atoms with Gasteiger partial charge in [-0.1, -0.05) is 0 Å². The average molecular weight is 208 g/mol. The molecule has 1 heterocycles. The summed E-state index contributed by atoms with van der Waals surface area (Å²) in [5.74, 6) is 0. The molecule has 84 valence electrons. The molecule has 1 aliphatic carbocycles. The van der Waals surface area contributed by atoms with Crippen molar-refractivity contribution in [3.05, 3.63) is 23.5 Å². The number of aliphatic hydroxyl groups excluding tert-OH is 1. The summed E-state index contributed by atoms with van der Waals surface area (Å²) in [6.07, 6.45) is 8.39. The van der Waals surface area contributed by atoms with Crippen molar-refractivity contribution in [1.29, 1.82) is 0 Å². The van der Waals surface area contributed by atoms with E-state index >= 15 is 0 Å². The fourth-order valence-electron chi connectivity index (χ4n) is 2.25. The van der Waals surface area contributed by atoms with Crippen molar-refractivity contribution < 1.29 is 5.11 Å². The highest BCUT2D eigenvalue weighted by Crippen LogP contribution is 2.28. The van der Waals surface area contributed by atoms with Gasteiger partial charge in [0.2, 0.25) is 0 Å². The first kappa shape index (κ1) is 10.7. The maximum Gasteiger partial charge on any atom is 0.0529 e. The Morgan fingerprint density at radius 2 is 2.40 bits per heavy atom. The van der Waals surface area contributed by atoms with Crippen molar-refractivity contribution in [1.82, 2.24) is 4.57 Å². The molecular weight excluding hydrogens is 188 g/mol. The van der Waals surface area contributed by atoms with Crippen molar-refractivity contribution >= 4 is 0 Å². The predicted molar refractivity (Wildman–Crippen MR) is 60.6 cm³/mol. The Hall–Kier alpha value is -0.800. The Labute approximate surface area is 90.9 Å². The number of rotatable bonds is 3. The number of aliphatic hydroxyl groups is 1. The number of hydrogen-bond donors (Lipinski definition) is 2. The van der Waals surface area contributed by atoms with E-state index in [0.29, 0.717) is 0 Å². The highest BCUT2D eigenvalue weighted by molar-refractivity contribution is 5.29. The number of aromatic nitrogens is 1. The molecule has 2 rings (SSSR count). The van der Waals surface area contributed by atoms with Crippen LogP contribution in [-0.4, -0.2) is 15.8 Å². The Morgan fingerprint density at radius 1 is 1.60 bits per heavy atom. The van der Waals surface area contributed by atoms with Gasteiger partial charge in [-0.05, 0) is 43.7 Å². The quantitative estimate of drug-likeness (QED) is 0.792. The van der Waals surface area contributed by atoms with Gasteiger partial charge in [-0.25, -0.2) is 0 Å². The monoisotopic (exact) mass is 208 g/mol. The fraction of sp³-hybridized carbons (Fsp3) is 0.667. The zero-order chi connectivity index (χ0) is 10.8. The molecule has 0 saturated heterocycles. The first-order chi connectivity index (χ1) is 7.16. The van der Waals surface area contributed by atoms with Crippen LogP contribution in [-0.2, 0) is 13.0 Å². The molecule has 2 unspecified atom stereocenters. The molecule has 0 amide bonds. The van der Waals surface area contributed by atoms with Crippen molar-refractivity contribution in [2.75, 3.05) is 0 Å². The minimum absolute atomic E-state index is 0.224. The number of nitrogens with two attached hydrogens (primary N) is 1. The van der Waals surface area contributed by atoms with E-state index in [2.05, 4.69) is 17.0 Å². The van der Waals surface area contributed by atoms with E-state index in [1.165, 1.54) is 17.5 Å². The van der Waals surface area contributed by atoms with E-state index in [1.807, 2.05) is 6.92 Å². The highest BCUT2D eigenvalue weighted by Gasteiger charge is 2.18. The lowest BCUT2D eigenvalue weighted by Gasteiger charge is -2.17. The van der Waals surface area contributed by atoms with E-state index in [-0.39, 0.29) is 12.1 Å². The third-order valence-corrected chi connectivity index (χ3v) is 3.16. The topological polar surface area (TPSA) is 51.2 Å². The third kappa shape index (κ3) is 2.41. The van der Waals surface area contributed by atoms with Crippen LogP contribution < -0.4 is 5.73 Å². The predicted octanol–water partition coefficient (Wildman–Crippen LogP) is 1.60. The van der Waals surface area contributed by atoms with Crippen LogP contribution in [0.4, 0.5) is 0 Å². The summed E-state index contributed by atoms with van der Waals surface area (Å²) >= 11 is 0. The van der Waals surface area contributed by atoms with Gasteiger partial charge in [0.15, 0.2) is 0 Å². The van der Waals surface area contributed by atoms with Gasteiger partial charge < -0.3 is 15.4 Å². The van der Waals surface area contributed by atoms with Crippen LogP contribution in [0.2, 0.25) is 0 Å². The van der Waals surface area contributed by atoms with Gasteiger partial charge in [0.25, 0.3) is 0 Å². The Kier molecular flexibility index (Phi) is 3.12. The second-order valence-corrected chi connectivity index (χ2v) is 4.61. The Bertz CT molecular complexity index is 330.